The van der Waals surface area contributed by atoms with Crippen molar-refractivity contribution in [3.8, 4) is 12.3 Å². The van der Waals surface area contributed by atoms with Crippen LogP contribution in [0.4, 0.5) is 0 Å². The Bertz CT molecular complexity index is 523. The van der Waals surface area contributed by atoms with Crippen LogP contribution in [0.3, 0.4) is 0 Å². The van der Waals surface area contributed by atoms with E-state index in [0.29, 0.717) is 5.57 Å². The highest BCUT2D eigenvalue weighted by molar-refractivity contribution is 5.52. The smallest absolute Gasteiger partial charge is 0.177 e. The second-order valence-corrected chi connectivity index (χ2v) is 4.18. The van der Waals surface area contributed by atoms with E-state index in [9.17, 15) is 5.11 Å². The zero-order valence-corrected chi connectivity index (χ0v) is 10.9. The van der Waals surface area contributed by atoms with Crippen molar-refractivity contribution in [2.45, 2.75) is 19.4 Å². The minimum atomic E-state index is -1.47. The number of terminal acetylenes is 1. The van der Waals surface area contributed by atoms with Gasteiger partial charge < -0.3 is 5.11 Å². The van der Waals surface area contributed by atoms with E-state index in [0.717, 1.165) is 16.7 Å². The van der Waals surface area contributed by atoms with E-state index in [2.05, 4.69) is 19.1 Å². The summed E-state index contributed by atoms with van der Waals surface area (Å²) in [4.78, 5) is 0. The molecule has 0 saturated heterocycles. The van der Waals surface area contributed by atoms with Crippen LogP contribution in [0.5, 0.6) is 0 Å². The monoisotopic (exact) mass is 238 g/mol. The molecule has 1 heteroatoms. The van der Waals surface area contributed by atoms with Crippen molar-refractivity contribution >= 4 is 0 Å². The molecule has 18 heavy (non-hydrogen) atoms. The minimum absolute atomic E-state index is 0.553. The molecule has 0 bridgehead atoms. The molecule has 0 aliphatic heterocycles. The van der Waals surface area contributed by atoms with Crippen LogP contribution < -0.4 is 0 Å². The van der Waals surface area contributed by atoms with Crippen LogP contribution >= 0.6 is 0 Å². The lowest BCUT2D eigenvalue weighted by Gasteiger charge is -2.27. The van der Waals surface area contributed by atoms with E-state index < -0.39 is 5.60 Å². The molecule has 0 aliphatic rings. The fourth-order valence-corrected chi connectivity index (χ4v) is 2.15. The van der Waals surface area contributed by atoms with Crippen molar-refractivity contribution in [2.24, 2.45) is 0 Å². The number of hydrogen-bond donors (Lipinski definition) is 1. The summed E-state index contributed by atoms with van der Waals surface area (Å²) in [5.41, 5.74) is 1.73. The third-order valence-electron chi connectivity index (χ3n) is 2.99. The van der Waals surface area contributed by atoms with Crippen LogP contribution in [0.2, 0.25) is 0 Å². The molecule has 92 valence electrons. The summed E-state index contributed by atoms with van der Waals surface area (Å²) in [5.74, 6) is 2.48. The first-order valence-corrected chi connectivity index (χ1v) is 5.73. The zero-order chi connectivity index (χ0) is 13.8. The molecule has 1 nitrogen and oxygen atoms in total. The number of aliphatic hydroxyl groups is 1. The van der Waals surface area contributed by atoms with Crippen molar-refractivity contribution in [3.05, 3.63) is 71.8 Å². The van der Waals surface area contributed by atoms with Crippen LogP contribution in [-0.4, -0.2) is 5.11 Å². The first kappa shape index (κ1) is 14.0. The largest absolute Gasteiger partial charge is 0.369 e. The Morgan fingerprint density at radius 2 is 1.89 bits per heavy atom. The summed E-state index contributed by atoms with van der Waals surface area (Å²) >= 11 is 0. The molecular weight excluding hydrogens is 220 g/mol. The Labute approximate surface area is 109 Å². The molecule has 0 spiro atoms. The molecular formula is C17H18O. The van der Waals surface area contributed by atoms with Crippen LogP contribution in [0, 0.1) is 26.2 Å². The Balaban J connectivity index is 3.60. The average molecular weight is 238 g/mol. The molecule has 1 atom stereocenters. The predicted molar refractivity (Wildman–Crippen MR) is 77.1 cm³/mol. The summed E-state index contributed by atoms with van der Waals surface area (Å²) in [5, 5.41) is 10.8. The van der Waals surface area contributed by atoms with E-state index in [1.54, 1.807) is 18.2 Å². The van der Waals surface area contributed by atoms with Gasteiger partial charge in [-0.25, -0.2) is 0 Å². The first-order valence-electron chi connectivity index (χ1n) is 5.73. The molecule has 0 aliphatic carbocycles. The van der Waals surface area contributed by atoms with Crippen LogP contribution in [0.25, 0.3) is 0 Å². The van der Waals surface area contributed by atoms with Gasteiger partial charge >= 0.3 is 0 Å². The maximum atomic E-state index is 10.8. The number of rotatable bonds is 4. The SMILES string of the molecule is C#CC(O)(/C(C=C)=C/C=C)c1c(C)cccc1C. The maximum Gasteiger partial charge on any atom is 0.177 e. The molecule has 1 aromatic rings. The fourth-order valence-electron chi connectivity index (χ4n) is 2.15. The van der Waals surface area contributed by atoms with Gasteiger partial charge in [0.15, 0.2) is 5.60 Å². The van der Waals surface area contributed by atoms with Crippen LogP contribution in [0.1, 0.15) is 16.7 Å². The fraction of sp³-hybridized carbons (Fsp3) is 0.176. The average Bonchev–Trinajstić information content (AvgIpc) is 2.35. The molecule has 0 heterocycles. The first-order chi connectivity index (χ1) is 8.51. The van der Waals surface area contributed by atoms with Crippen LogP contribution in [-0.2, 0) is 5.60 Å². The highest BCUT2D eigenvalue weighted by atomic mass is 16.3. The van der Waals surface area contributed by atoms with Gasteiger partial charge in [-0.05, 0) is 30.5 Å². The Hall–Kier alpha value is -2.04. The number of hydrogen-bond acceptors (Lipinski definition) is 1. The molecule has 1 unspecified atom stereocenters. The molecule has 0 saturated carbocycles. The molecule has 1 aromatic carbocycles. The summed E-state index contributed by atoms with van der Waals surface area (Å²) in [7, 11) is 0. The lowest BCUT2D eigenvalue weighted by atomic mass is 9.81. The van der Waals surface area contributed by atoms with E-state index in [-0.39, 0.29) is 0 Å². The minimum Gasteiger partial charge on any atom is -0.369 e. The Kier molecular flexibility index (Phi) is 4.31. The molecule has 1 N–H and O–H groups in total. The normalized spacial score (nSPS) is 14.4. The number of aryl methyl sites for hydroxylation is 2. The van der Waals surface area contributed by atoms with E-state index in [1.807, 2.05) is 32.0 Å². The van der Waals surface area contributed by atoms with E-state index in [4.69, 9.17) is 6.42 Å². The quantitative estimate of drug-likeness (QED) is 0.629. The molecule has 0 radical (unpaired) electrons. The third kappa shape index (κ3) is 2.30. The van der Waals surface area contributed by atoms with Gasteiger partial charge in [0.2, 0.25) is 0 Å². The highest BCUT2D eigenvalue weighted by Crippen LogP contribution is 2.34. The van der Waals surface area contributed by atoms with E-state index in [1.165, 1.54) is 0 Å². The number of allylic oxidation sites excluding steroid dienone is 2. The number of benzene rings is 1. The molecule has 0 amide bonds. The second-order valence-electron chi connectivity index (χ2n) is 4.18. The Morgan fingerprint density at radius 1 is 1.33 bits per heavy atom. The van der Waals surface area contributed by atoms with Crippen molar-refractivity contribution in [2.75, 3.05) is 0 Å². The standard InChI is InChI=1S/C17H18O/c1-6-10-15(7-2)17(18,8-3)16-13(4)11-9-12-14(16)5/h3,6-7,9-12,18H,1-2H2,4-5H3/b15-10+. The summed E-state index contributed by atoms with van der Waals surface area (Å²) in [6, 6.07) is 5.80. The van der Waals surface area contributed by atoms with Gasteiger partial charge in [-0.2, -0.15) is 0 Å². The van der Waals surface area contributed by atoms with Gasteiger partial charge in [0.1, 0.15) is 0 Å². The van der Waals surface area contributed by atoms with Crippen molar-refractivity contribution in [1.29, 1.82) is 0 Å². The van der Waals surface area contributed by atoms with Crippen molar-refractivity contribution < 1.29 is 5.11 Å². The Morgan fingerprint density at radius 3 is 2.28 bits per heavy atom. The molecule has 1 rings (SSSR count). The van der Waals surface area contributed by atoms with Gasteiger partial charge in [-0.15, -0.1) is 6.42 Å². The summed E-state index contributed by atoms with van der Waals surface area (Å²) in [6.45, 7) is 11.2. The highest BCUT2D eigenvalue weighted by Gasteiger charge is 2.32. The van der Waals surface area contributed by atoms with Gasteiger partial charge in [0.25, 0.3) is 0 Å². The summed E-state index contributed by atoms with van der Waals surface area (Å²) in [6.07, 6.45) is 10.4. The second kappa shape index (κ2) is 5.53. The molecule has 0 aromatic heterocycles. The topological polar surface area (TPSA) is 20.2 Å². The van der Waals surface area contributed by atoms with Gasteiger partial charge in [0.05, 0.1) is 0 Å². The van der Waals surface area contributed by atoms with Gasteiger partial charge in [-0.3, -0.25) is 0 Å². The lowest BCUT2D eigenvalue weighted by molar-refractivity contribution is 0.143. The molecule has 0 fully saturated rings. The predicted octanol–water partition coefficient (Wildman–Crippen LogP) is 3.42. The maximum absolute atomic E-state index is 10.8. The van der Waals surface area contributed by atoms with Gasteiger partial charge in [0, 0.05) is 5.56 Å². The summed E-state index contributed by atoms with van der Waals surface area (Å²) < 4.78 is 0. The third-order valence-corrected chi connectivity index (χ3v) is 2.99. The van der Waals surface area contributed by atoms with Crippen molar-refractivity contribution in [1.82, 2.24) is 0 Å². The van der Waals surface area contributed by atoms with E-state index >= 15 is 0 Å². The van der Waals surface area contributed by atoms with Crippen LogP contribution in [0.15, 0.2) is 55.2 Å². The van der Waals surface area contributed by atoms with Crippen molar-refractivity contribution in [3.63, 3.8) is 0 Å². The lowest BCUT2D eigenvalue weighted by Crippen LogP contribution is -2.27. The zero-order valence-electron chi connectivity index (χ0n) is 10.9. The van der Waals surface area contributed by atoms with Gasteiger partial charge in [-0.1, -0.05) is 55.5 Å².